The Kier molecular flexibility index (Phi) is 2.48. The average molecular weight is 267 g/mol. The van der Waals surface area contributed by atoms with Crippen molar-refractivity contribution in [2.24, 2.45) is 0 Å². The van der Waals surface area contributed by atoms with Gasteiger partial charge in [-0.1, -0.05) is 18.2 Å². The fraction of sp³-hybridized carbons (Fsp3) is 0.200. The second kappa shape index (κ2) is 4.31. The highest BCUT2D eigenvalue weighted by molar-refractivity contribution is 7.18. The topological polar surface area (TPSA) is 37.8 Å². The number of thiazole rings is 1. The molecule has 0 amide bonds. The van der Waals surface area contributed by atoms with Crippen molar-refractivity contribution in [3.8, 4) is 0 Å². The molecule has 1 N–H and O–H groups in total. The van der Waals surface area contributed by atoms with Gasteiger partial charge in [0, 0.05) is 24.3 Å². The van der Waals surface area contributed by atoms with E-state index in [-0.39, 0.29) is 0 Å². The first-order chi connectivity index (χ1) is 9.42. The van der Waals surface area contributed by atoms with Crippen LogP contribution in [0.3, 0.4) is 0 Å². The number of nitrogens with one attached hydrogen (secondary N) is 1. The van der Waals surface area contributed by atoms with Gasteiger partial charge in [-0.05, 0) is 24.1 Å². The second-order valence-corrected chi connectivity index (χ2v) is 5.81. The number of benzene rings is 1. The van der Waals surface area contributed by atoms with E-state index in [9.17, 15) is 0 Å². The van der Waals surface area contributed by atoms with Crippen LogP contribution in [0.4, 0.5) is 5.69 Å². The van der Waals surface area contributed by atoms with Crippen LogP contribution in [-0.2, 0) is 0 Å². The molecular formula is C15H13N3S. The summed E-state index contributed by atoms with van der Waals surface area (Å²) in [6, 6.07) is 10.6. The summed E-state index contributed by atoms with van der Waals surface area (Å²) in [5.74, 6) is 0.412. The predicted molar refractivity (Wildman–Crippen MR) is 78.8 cm³/mol. The van der Waals surface area contributed by atoms with Crippen LogP contribution < -0.4 is 5.32 Å². The molecule has 1 aliphatic rings. The number of anilines is 1. The van der Waals surface area contributed by atoms with Gasteiger partial charge in [0.05, 0.1) is 16.4 Å². The van der Waals surface area contributed by atoms with Crippen molar-refractivity contribution in [3.63, 3.8) is 0 Å². The first-order valence-electron chi connectivity index (χ1n) is 6.45. The van der Waals surface area contributed by atoms with Crippen LogP contribution in [0.2, 0.25) is 0 Å². The molecule has 1 unspecified atom stereocenters. The molecule has 0 radical (unpaired) electrons. The molecule has 0 fully saturated rings. The van der Waals surface area contributed by atoms with E-state index in [1.807, 2.05) is 18.5 Å². The molecule has 0 aliphatic carbocycles. The lowest BCUT2D eigenvalue weighted by atomic mass is 9.91. The molecule has 1 aliphatic heterocycles. The van der Waals surface area contributed by atoms with Crippen molar-refractivity contribution in [2.45, 2.75) is 12.3 Å². The fourth-order valence-corrected chi connectivity index (χ4v) is 3.76. The number of fused-ring (bicyclic) bond motifs is 2. The maximum absolute atomic E-state index is 4.76. The van der Waals surface area contributed by atoms with Crippen LogP contribution in [0.5, 0.6) is 0 Å². The van der Waals surface area contributed by atoms with Crippen LogP contribution in [0.15, 0.2) is 42.7 Å². The monoisotopic (exact) mass is 267 g/mol. The maximum atomic E-state index is 4.76. The lowest BCUT2D eigenvalue weighted by molar-refractivity contribution is 0.716. The second-order valence-electron chi connectivity index (χ2n) is 4.75. The smallest absolute Gasteiger partial charge is 0.102 e. The van der Waals surface area contributed by atoms with Crippen LogP contribution in [0, 0.1) is 0 Å². The van der Waals surface area contributed by atoms with E-state index in [2.05, 4.69) is 34.6 Å². The molecule has 0 bridgehead atoms. The molecule has 3 heterocycles. The van der Waals surface area contributed by atoms with E-state index in [1.54, 1.807) is 11.3 Å². The molecule has 4 heteroatoms. The van der Waals surface area contributed by atoms with Gasteiger partial charge in [-0.15, -0.1) is 11.3 Å². The van der Waals surface area contributed by atoms with Gasteiger partial charge in [-0.25, -0.2) is 4.98 Å². The maximum Gasteiger partial charge on any atom is 0.102 e. The van der Waals surface area contributed by atoms with E-state index in [0.29, 0.717) is 5.92 Å². The van der Waals surface area contributed by atoms with E-state index in [4.69, 9.17) is 4.98 Å². The minimum atomic E-state index is 0.412. The summed E-state index contributed by atoms with van der Waals surface area (Å²) in [6.45, 7) is 1.01. The molecule has 94 valence electrons. The number of nitrogens with zero attached hydrogens (tertiary/aromatic N) is 2. The number of rotatable bonds is 1. The van der Waals surface area contributed by atoms with Crippen molar-refractivity contribution in [2.75, 3.05) is 11.9 Å². The first-order valence-corrected chi connectivity index (χ1v) is 7.27. The summed E-state index contributed by atoms with van der Waals surface area (Å²) in [6.07, 6.45) is 4.78. The molecule has 0 spiro atoms. The summed E-state index contributed by atoms with van der Waals surface area (Å²) < 4.78 is 1.22. The van der Waals surface area contributed by atoms with E-state index in [0.717, 1.165) is 18.5 Å². The minimum Gasteiger partial charge on any atom is -0.385 e. The van der Waals surface area contributed by atoms with Crippen molar-refractivity contribution in [1.29, 1.82) is 0 Å². The Labute approximate surface area is 115 Å². The normalized spacial score (nSPS) is 18.0. The molecule has 4 rings (SSSR count). The van der Waals surface area contributed by atoms with Crippen LogP contribution in [-0.4, -0.2) is 16.5 Å². The molecule has 19 heavy (non-hydrogen) atoms. The summed E-state index contributed by atoms with van der Waals surface area (Å²) in [5, 5.41) is 4.67. The highest BCUT2D eigenvalue weighted by Gasteiger charge is 2.24. The Morgan fingerprint density at radius 3 is 3.11 bits per heavy atom. The number of hydrogen-bond acceptors (Lipinski definition) is 4. The third-order valence-corrected chi connectivity index (χ3v) is 4.74. The molecule has 2 aromatic heterocycles. The quantitative estimate of drug-likeness (QED) is 0.731. The van der Waals surface area contributed by atoms with Gasteiger partial charge in [0.2, 0.25) is 0 Å². The van der Waals surface area contributed by atoms with E-state index in [1.165, 1.54) is 21.0 Å². The average Bonchev–Trinajstić information content (AvgIpc) is 2.90. The number of hydrogen-bond donors (Lipinski definition) is 1. The van der Waals surface area contributed by atoms with Crippen molar-refractivity contribution in [1.82, 2.24) is 9.97 Å². The highest BCUT2D eigenvalue weighted by Crippen LogP contribution is 2.39. The molecule has 0 saturated heterocycles. The van der Waals surface area contributed by atoms with Gasteiger partial charge in [0.25, 0.3) is 0 Å². The summed E-state index contributed by atoms with van der Waals surface area (Å²) in [7, 11) is 0. The van der Waals surface area contributed by atoms with Crippen LogP contribution in [0.25, 0.3) is 10.2 Å². The highest BCUT2D eigenvalue weighted by atomic mass is 32.1. The molecule has 0 saturated carbocycles. The first kappa shape index (κ1) is 10.9. The molecule has 3 nitrogen and oxygen atoms in total. The zero-order chi connectivity index (χ0) is 12.7. The van der Waals surface area contributed by atoms with Gasteiger partial charge in [-0.2, -0.15) is 0 Å². The van der Waals surface area contributed by atoms with Crippen molar-refractivity contribution >= 4 is 27.2 Å². The van der Waals surface area contributed by atoms with E-state index >= 15 is 0 Å². The Bertz CT molecular complexity index is 702. The van der Waals surface area contributed by atoms with Crippen molar-refractivity contribution < 1.29 is 0 Å². The summed E-state index contributed by atoms with van der Waals surface area (Å²) >= 11 is 1.79. The Balaban J connectivity index is 1.85. The SMILES string of the molecule is c1ccc2c(c1)NCCC2c1nc2cnccc2s1. The summed E-state index contributed by atoms with van der Waals surface area (Å²) in [4.78, 5) is 8.91. The van der Waals surface area contributed by atoms with Crippen LogP contribution in [0.1, 0.15) is 22.9 Å². The Hall–Kier alpha value is -1.94. The largest absolute Gasteiger partial charge is 0.385 e. The van der Waals surface area contributed by atoms with Crippen molar-refractivity contribution in [3.05, 3.63) is 53.3 Å². The van der Waals surface area contributed by atoms with Gasteiger partial charge < -0.3 is 5.32 Å². The fourth-order valence-electron chi connectivity index (χ4n) is 2.67. The van der Waals surface area contributed by atoms with Gasteiger partial charge in [0.15, 0.2) is 0 Å². The third kappa shape index (κ3) is 1.79. The lowest BCUT2D eigenvalue weighted by Crippen LogP contribution is -2.17. The van der Waals surface area contributed by atoms with Gasteiger partial charge in [-0.3, -0.25) is 4.98 Å². The zero-order valence-electron chi connectivity index (χ0n) is 10.3. The van der Waals surface area contributed by atoms with Crippen LogP contribution >= 0.6 is 11.3 Å². The number of aromatic nitrogens is 2. The van der Waals surface area contributed by atoms with Gasteiger partial charge >= 0.3 is 0 Å². The number of para-hydroxylation sites is 1. The molecule has 1 aromatic carbocycles. The number of pyridine rings is 1. The molecule has 1 atom stereocenters. The third-order valence-electron chi connectivity index (χ3n) is 3.59. The standard InChI is InChI=1S/C15H13N3S/c1-2-4-12-10(3-1)11(5-8-17-12)15-18-13-9-16-7-6-14(13)19-15/h1-4,6-7,9,11,17H,5,8H2. The molecular weight excluding hydrogens is 254 g/mol. The van der Waals surface area contributed by atoms with Gasteiger partial charge in [0.1, 0.15) is 5.01 Å². The lowest BCUT2D eigenvalue weighted by Gasteiger charge is -2.25. The Morgan fingerprint density at radius 2 is 2.16 bits per heavy atom. The Morgan fingerprint density at radius 1 is 1.21 bits per heavy atom. The zero-order valence-corrected chi connectivity index (χ0v) is 11.2. The predicted octanol–water partition coefficient (Wildman–Crippen LogP) is 3.64. The summed E-state index contributed by atoms with van der Waals surface area (Å²) in [5.41, 5.74) is 3.62. The minimum absolute atomic E-state index is 0.412. The molecule has 3 aromatic rings. The van der Waals surface area contributed by atoms with E-state index < -0.39 is 0 Å².